The summed E-state index contributed by atoms with van der Waals surface area (Å²) in [7, 11) is 0. The molecule has 0 amide bonds. The SMILES string of the molecule is CC(C)[C@@H](CO)NCc1c(Cl)ccc(Cl)c1Cl. The summed E-state index contributed by atoms with van der Waals surface area (Å²) < 4.78 is 0. The van der Waals surface area contributed by atoms with Gasteiger partial charge in [-0.2, -0.15) is 0 Å². The van der Waals surface area contributed by atoms with Crippen LogP contribution in [-0.2, 0) is 6.54 Å². The maximum atomic E-state index is 9.21. The molecular weight excluding hydrogens is 280 g/mol. The van der Waals surface area contributed by atoms with Crippen LogP contribution in [0.1, 0.15) is 19.4 Å². The molecule has 0 saturated heterocycles. The van der Waals surface area contributed by atoms with Crippen molar-refractivity contribution in [1.82, 2.24) is 5.32 Å². The standard InChI is InChI=1S/C12H16Cl3NO/c1-7(2)11(6-17)16-5-8-9(13)3-4-10(14)12(8)15/h3-4,7,11,16-17H,5-6H2,1-2H3/t11-/m1/s1. The van der Waals surface area contributed by atoms with Gasteiger partial charge in [-0.3, -0.25) is 0 Å². The van der Waals surface area contributed by atoms with E-state index in [-0.39, 0.29) is 12.6 Å². The highest BCUT2D eigenvalue weighted by Gasteiger charge is 2.14. The summed E-state index contributed by atoms with van der Waals surface area (Å²) in [6, 6.07) is 3.40. The Hall–Kier alpha value is 0.01000. The lowest BCUT2D eigenvalue weighted by atomic mass is 10.1. The van der Waals surface area contributed by atoms with E-state index in [0.717, 1.165) is 5.56 Å². The zero-order valence-corrected chi connectivity index (χ0v) is 12.1. The number of hydrogen-bond donors (Lipinski definition) is 2. The van der Waals surface area contributed by atoms with E-state index in [4.69, 9.17) is 34.8 Å². The van der Waals surface area contributed by atoms with Crippen molar-refractivity contribution in [2.24, 2.45) is 5.92 Å². The van der Waals surface area contributed by atoms with Crippen molar-refractivity contribution < 1.29 is 5.11 Å². The number of nitrogens with one attached hydrogen (secondary N) is 1. The minimum Gasteiger partial charge on any atom is -0.395 e. The molecule has 5 heteroatoms. The molecule has 0 spiro atoms. The molecule has 1 aromatic rings. The first-order chi connectivity index (χ1) is 7.97. The molecule has 1 rings (SSSR count). The molecule has 1 atom stereocenters. The normalized spacial score (nSPS) is 13.1. The molecule has 0 aromatic heterocycles. The summed E-state index contributed by atoms with van der Waals surface area (Å²) in [6.07, 6.45) is 0. The summed E-state index contributed by atoms with van der Waals surface area (Å²) in [5.41, 5.74) is 0.764. The van der Waals surface area contributed by atoms with Crippen LogP contribution in [0.15, 0.2) is 12.1 Å². The highest BCUT2D eigenvalue weighted by Crippen LogP contribution is 2.31. The Labute approximate surface area is 117 Å². The van der Waals surface area contributed by atoms with Gasteiger partial charge in [0.05, 0.1) is 16.7 Å². The molecular formula is C12H16Cl3NO. The van der Waals surface area contributed by atoms with E-state index in [1.165, 1.54) is 0 Å². The number of rotatable bonds is 5. The first kappa shape index (κ1) is 15.1. The number of aliphatic hydroxyl groups is 1. The first-order valence-corrected chi connectivity index (χ1v) is 6.57. The second-order valence-corrected chi connectivity index (χ2v) is 5.43. The fourth-order valence-corrected chi connectivity index (χ4v) is 2.16. The van der Waals surface area contributed by atoms with E-state index in [0.29, 0.717) is 27.5 Å². The van der Waals surface area contributed by atoms with Gasteiger partial charge in [0.2, 0.25) is 0 Å². The number of aliphatic hydroxyl groups excluding tert-OH is 1. The molecule has 17 heavy (non-hydrogen) atoms. The van der Waals surface area contributed by atoms with Crippen LogP contribution < -0.4 is 5.32 Å². The van der Waals surface area contributed by atoms with Gasteiger partial charge in [-0.15, -0.1) is 0 Å². The topological polar surface area (TPSA) is 32.3 Å². The summed E-state index contributed by atoms with van der Waals surface area (Å²) in [4.78, 5) is 0. The van der Waals surface area contributed by atoms with Crippen LogP contribution in [0.5, 0.6) is 0 Å². The smallest absolute Gasteiger partial charge is 0.0652 e. The molecule has 96 valence electrons. The van der Waals surface area contributed by atoms with Gasteiger partial charge in [0.15, 0.2) is 0 Å². The third kappa shape index (κ3) is 4.01. The van der Waals surface area contributed by atoms with Crippen molar-refractivity contribution in [2.75, 3.05) is 6.61 Å². The van der Waals surface area contributed by atoms with E-state index in [9.17, 15) is 5.11 Å². The summed E-state index contributed by atoms with van der Waals surface area (Å²) in [5, 5.41) is 14.0. The van der Waals surface area contributed by atoms with E-state index < -0.39 is 0 Å². The Balaban J connectivity index is 2.78. The first-order valence-electron chi connectivity index (χ1n) is 5.44. The van der Waals surface area contributed by atoms with Crippen molar-refractivity contribution in [3.05, 3.63) is 32.8 Å². The molecule has 0 aliphatic carbocycles. The van der Waals surface area contributed by atoms with Crippen molar-refractivity contribution in [3.63, 3.8) is 0 Å². The Morgan fingerprint density at radius 2 is 1.76 bits per heavy atom. The minimum atomic E-state index is 0.0149. The summed E-state index contributed by atoms with van der Waals surface area (Å²) in [5.74, 6) is 0.330. The molecule has 1 aromatic carbocycles. The third-order valence-corrected chi connectivity index (χ3v) is 3.88. The lowest BCUT2D eigenvalue weighted by Crippen LogP contribution is -2.36. The zero-order valence-electron chi connectivity index (χ0n) is 9.80. The summed E-state index contributed by atoms with van der Waals surface area (Å²) in [6.45, 7) is 4.64. The Morgan fingerprint density at radius 3 is 2.29 bits per heavy atom. The monoisotopic (exact) mass is 295 g/mol. The van der Waals surface area contributed by atoms with Gasteiger partial charge in [-0.1, -0.05) is 48.7 Å². The quantitative estimate of drug-likeness (QED) is 0.811. The fraction of sp³-hybridized carbons (Fsp3) is 0.500. The van der Waals surface area contributed by atoms with Crippen LogP contribution in [-0.4, -0.2) is 17.8 Å². The van der Waals surface area contributed by atoms with E-state index in [1.54, 1.807) is 12.1 Å². The van der Waals surface area contributed by atoms with Gasteiger partial charge in [0.1, 0.15) is 0 Å². The molecule has 0 bridgehead atoms. The number of halogens is 3. The highest BCUT2D eigenvalue weighted by molar-refractivity contribution is 6.44. The van der Waals surface area contributed by atoms with Crippen LogP contribution in [0.2, 0.25) is 15.1 Å². The lowest BCUT2D eigenvalue weighted by molar-refractivity contribution is 0.210. The third-order valence-electron chi connectivity index (χ3n) is 2.68. The highest BCUT2D eigenvalue weighted by atomic mass is 35.5. The second kappa shape index (κ2) is 6.81. The van der Waals surface area contributed by atoms with Crippen molar-refractivity contribution in [1.29, 1.82) is 0 Å². The van der Waals surface area contributed by atoms with Crippen LogP contribution in [0, 0.1) is 5.92 Å². The van der Waals surface area contributed by atoms with E-state index >= 15 is 0 Å². The van der Waals surface area contributed by atoms with Crippen LogP contribution in [0.25, 0.3) is 0 Å². The Bertz CT molecular complexity index is 382. The van der Waals surface area contributed by atoms with Crippen molar-refractivity contribution in [3.8, 4) is 0 Å². The average Bonchev–Trinajstić information content (AvgIpc) is 2.28. The fourth-order valence-electron chi connectivity index (χ4n) is 1.48. The number of benzene rings is 1. The molecule has 0 unspecified atom stereocenters. The predicted molar refractivity (Wildman–Crippen MR) is 74.0 cm³/mol. The molecule has 0 saturated carbocycles. The molecule has 0 fully saturated rings. The number of hydrogen-bond acceptors (Lipinski definition) is 2. The lowest BCUT2D eigenvalue weighted by Gasteiger charge is -2.20. The van der Waals surface area contributed by atoms with E-state index in [2.05, 4.69) is 5.32 Å². The molecule has 0 radical (unpaired) electrons. The van der Waals surface area contributed by atoms with E-state index in [1.807, 2.05) is 13.8 Å². The molecule has 2 N–H and O–H groups in total. The van der Waals surface area contributed by atoms with Gasteiger partial charge in [0, 0.05) is 23.2 Å². The predicted octanol–water partition coefficient (Wildman–Crippen LogP) is 3.75. The minimum absolute atomic E-state index is 0.0149. The van der Waals surface area contributed by atoms with Gasteiger partial charge >= 0.3 is 0 Å². The van der Waals surface area contributed by atoms with Crippen molar-refractivity contribution in [2.45, 2.75) is 26.4 Å². The van der Waals surface area contributed by atoms with Gasteiger partial charge in [-0.05, 0) is 18.1 Å². The van der Waals surface area contributed by atoms with Crippen molar-refractivity contribution >= 4 is 34.8 Å². The maximum absolute atomic E-state index is 9.21. The van der Waals surface area contributed by atoms with Gasteiger partial charge < -0.3 is 10.4 Å². The van der Waals surface area contributed by atoms with Gasteiger partial charge in [0.25, 0.3) is 0 Å². The molecule has 0 aliphatic rings. The van der Waals surface area contributed by atoms with Gasteiger partial charge in [-0.25, -0.2) is 0 Å². The Kier molecular flexibility index (Phi) is 6.04. The van der Waals surface area contributed by atoms with Crippen LogP contribution in [0.4, 0.5) is 0 Å². The zero-order chi connectivity index (χ0) is 13.0. The Morgan fingerprint density at radius 1 is 1.18 bits per heavy atom. The van der Waals surface area contributed by atoms with Crippen LogP contribution in [0.3, 0.4) is 0 Å². The average molecular weight is 297 g/mol. The summed E-state index contributed by atoms with van der Waals surface area (Å²) >= 11 is 18.1. The molecule has 0 heterocycles. The maximum Gasteiger partial charge on any atom is 0.0652 e. The molecule has 0 aliphatic heterocycles. The largest absolute Gasteiger partial charge is 0.395 e. The van der Waals surface area contributed by atoms with Crippen LogP contribution >= 0.6 is 34.8 Å². The molecule has 2 nitrogen and oxygen atoms in total. The second-order valence-electron chi connectivity index (χ2n) is 4.24.